The van der Waals surface area contributed by atoms with Gasteiger partial charge >= 0.3 is 12.1 Å². The van der Waals surface area contributed by atoms with Crippen LogP contribution in [0.1, 0.15) is 42.1 Å². The SMILES string of the molecule is CC(C(=O)O)C(C(=O)c1cccc(C(F)(F)F)c1)N1CCCCC1. The first kappa shape index (κ1) is 18.4. The molecule has 1 aromatic carbocycles. The van der Waals surface area contributed by atoms with Crippen LogP contribution >= 0.6 is 0 Å². The van der Waals surface area contributed by atoms with Gasteiger partial charge in [-0.1, -0.05) is 18.6 Å². The van der Waals surface area contributed by atoms with E-state index in [1.165, 1.54) is 19.1 Å². The molecule has 1 aromatic rings. The molecular weight excluding hydrogens is 323 g/mol. The van der Waals surface area contributed by atoms with Gasteiger partial charge in [0.05, 0.1) is 17.5 Å². The summed E-state index contributed by atoms with van der Waals surface area (Å²) in [4.78, 5) is 26.0. The van der Waals surface area contributed by atoms with Gasteiger partial charge in [-0.15, -0.1) is 0 Å². The Morgan fingerprint density at radius 3 is 2.33 bits per heavy atom. The third-order valence-electron chi connectivity index (χ3n) is 4.39. The smallest absolute Gasteiger partial charge is 0.416 e. The maximum Gasteiger partial charge on any atom is 0.416 e. The van der Waals surface area contributed by atoms with Crippen LogP contribution in [0.3, 0.4) is 0 Å². The molecule has 1 saturated heterocycles. The minimum atomic E-state index is -4.55. The molecule has 0 bridgehead atoms. The second-order valence-corrected chi connectivity index (χ2v) is 6.11. The van der Waals surface area contributed by atoms with Crippen LogP contribution in [0.4, 0.5) is 13.2 Å². The summed E-state index contributed by atoms with van der Waals surface area (Å²) < 4.78 is 38.6. The van der Waals surface area contributed by atoms with Gasteiger partial charge < -0.3 is 5.11 Å². The standard InChI is InChI=1S/C17H20F3NO3/c1-11(16(23)24)14(21-8-3-2-4-9-21)15(22)12-6-5-7-13(10-12)17(18,19)20/h5-7,10-11,14H,2-4,8-9H2,1H3,(H,23,24). The van der Waals surface area contributed by atoms with E-state index < -0.39 is 35.5 Å². The summed E-state index contributed by atoms with van der Waals surface area (Å²) in [5.74, 6) is -2.70. The Morgan fingerprint density at radius 1 is 1.17 bits per heavy atom. The summed E-state index contributed by atoms with van der Waals surface area (Å²) in [7, 11) is 0. The zero-order valence-corrected chi connectivity index (χ0v) is 13.3. The highest BCUT2D eigenvalue weighted by molar-refractivity contribution is 6.02. The fourth-order valence-corrected chi connectivity index (χ4v) is 3.06. The summed E-state index contributed by atoms with van der Waals surface area (Å²) in [5, 5.41) is 9.30. The number of ketones is 1. The predicted octanol–water partition coefficient (Wildman–Crippen LogP) is 3.46. The average Bonchev–Trinajstić information content (AvgIpc) is 2.55. The molecule has 0 amide bonds. The third kappa shape index (κ3) is 4.14. The number of carbonyl (C=O) groups is 2. The van der Waals surface area contributed by atoms with Crippen molar-refractivity contribution in [1.82, 2.24) is 4.90 Å². The van der Waals surface area contributed by atoms with Gasteiger partial charge in [0, 0.05) is 5.56 Å². The number of hydrogen-bond donors (Lipinski definition) is 1. The summed E-state index contributed by atoms with van der Waals surface area (Å²) in [6.45, 7) is 2.58. The summed E-state index contributed by atoms with van der Waals surface area (Å²) in [6.07, 6.45) is -1.85. The molecule has 7 heteroatoms. The number of benzene rings is 1. The fraction of sp³-hybridized carbons (Fsp3) is 0.529. The van der Waals surface area contributed by atoms with Crippen LogP contribution in [-0.2, 0) is 11.0 Å². The number of carboxylic acids is 1. The van der Waals surface area contributed by atoms with Gasteiger partial charge in [-0.3, -0.25) is 14.5 Å². The zero-order chi connectivity index (χ0) is 17.9. The van der Waals surface area contributed by atoms with E-state index in [2.05, 4.69) is 0 Å². The van der Waals surface area contributed by atoms with Crippen molar-refractivity contribution >= 4 is 11.8 Å². The van der Waals surface area contributed by atoms with Crippen molar-refractivity contribution in [3.05, 3.63) is 35.4 Å². The lowest BCUT2D eigenvalue weighted by Crippen LogP contribution is -2.49. The van der Waals surface area contributed by atoms with Gasteiger partial charge in [-0.25, -0.2) is 0 Å². The second kappa shape index (κ2) is 7.34. The number of hydrogen-bond acceptors (Lipinski definition) is 3. The van der Waals surface area contributed by atoms with Gasteiger partial charge in [0.25, 0.3) is 0 Å². The topological polar surface area (TPSA) is 57.6 Å². The van der Waals surface area contributed by atoms with E-state index in [0.29, 0.717) is 13.1 Å². The van der Waals surface area contributed by atoms with Crippen molar-refractivity contribution in [3.63, 3.8) is 0 Å². The predicted molar refractivity (Wildman–Crippen MR) is 81.8 cm³/mol. The van der Waals surface area contributed by atoms with E-state index in [9.17, 15) is 27.9 Å². The Kier molecular flexibility index (Phi) is 5.64. The summed E-state index contributed by atoms with van der Waals surface area (Å²) in [6, 6.07) is 3.23. The lowest BCUT2D eigenvalue weighted by Gasteiger charge is -2.35. The minimum absolute atomic E-state index is 0.103. The van der Waals surface area contributed by atoms with Crippen molar-refractivity contribution in [3.8, 4) is 0 Å². The first-order chi connectivity index (χ1) is 11.2. The van der Waals surface area contributed by atoms with E-state index in [1.807, 2.05) is 0 Å². The van der Waals surface area contributed by atoms with E-state index in [0.717, 1.165) is 31.4 Å². The van der Waals surface area contributed by atoms with E-state index in [-0.39, 0.29) is 5.56 Å². The third-order valence-corrected chi connectivity index (χ3v) is 4.39. The molecule has 4 nitrogen and oxygen atoms in total. The molecule has 0 spiro atoms. The number of carboxylic acid groups (broad SMARTS) is 1. The van der Waals surface area contributed by atoms with Crippen LogP contribution in [0.5, 0.6) is 0 Å². The van der Waals surface area contributed by atoms with Crippen molar-refractivity contribution in [2.24, 2.45) is 5.92 Å². The molecule has 1 heterocycles. The van der Waals surface area contributed by atoms with E-state index in [4.69, 9.17) is 0 Å². The van der Waals surface area contributed by atoms with Crippen LogP contribution in [-0.4, -0.2) is 40.9 Å². The number of likely N-dealkylation sites (tertiary alicyclic amines) is 1. The van der Waals surface area contributed by atoms with Gasteiger partial charge in [-0.2, -0.15) is 13.2 Å². The second-order valence-electron chi connectivity index (χ2n) is 6.11. The van der Waals surface area contributed by atoms with Gasteiger partial charge in [0.2, 0.25) is 0 Å². The Labute approximate surface area is 138 Å². The molecule has 1 aliphatic heterocycles. The van der Waals surface area contributed by atoms with E-state index >= 15 is 0 Å². The Hall–Kier alpha value is -1.89. The number of nitrogens with zero attached hydrogens (tertiary/aromatic N) is 1. The molecule has 0 radical (unpaired) electrons. The van der Waals surface area contributed by atoms with Crippen LogP contribution < -0.4 is 0 Å². The lowest BCUT2D eigenvalue weighted by atomic mass is 9.90. The Balaban J connectivity index is 2.35. The molecule has 132 valence electrons. The number of rotatable bonds is 5. The molecule has 24 heavy (non-hydrogen) atoms. The van der Waals surface area contributed by atoms with E-state index in [1.54, 1.807) is 4.90 Å². The average molecular weight is 343 g/mol. The largest absolute Gasteiger partial charge is 0.481 e. The number of carbonyl (C=O) groups excluding carboxylic acids is 1. The van der Waals surface area contributed by atoms with Crippen LogP contribution in [0.15, 0.2) is 24.3 Å². The maximum atomic E-state index is 12.9. The van der Waals surface area contributed by atoms with Crippen molar-refractivity contribution in [2.45, 2.75) is 38.4 Å². The molecule has 1 aliphatic rings. The number of Topliss-reactive ketones (excluding diaryl/α,β-unsaturated/α-hetero) is 1. The van der Waals surface area contributed by atoms with Crippen molar-refractivity contribution in [1.29, 1.82) is 0 Å². The molecule has 2 rings (SSSR count). The summed E-state index contributed by atoms with van der Waals surface area (Å²) >= 11 is 0. The molecular formula is C17H20F3NO3. The highest BCUT2D eigenvalue weighted by Gasteiger charge is 2.37. The molecule has 2 unspecified atom stereocenters. The number of aliphatic carboxylic acids is 1. The first-order valence-electron chi connectivity index (χ1n) is 7.90. The van der Waals surface area contributed by atoms with Crippen molar-refractivity contribution in [2.75, 3.05) is 13.1 Å². The normalized spacial score (nSPS) is 18.8. The highest BCUT2D eigenvalue weighted by Crippen LogP contribution is 2.30. The van der Waals surface area contributed by atoms with Crippen LogP contribution in [0.25, 0.3) is 0 Å². The highest BCUT2D eigenvalue weighted by atomic mass is 19.4. The molecule has 0 aromatic heterocycles. The van der Waals surface area contributed by atoms with Crippen LogP contribution in [0.2, 0.25) is 0 Å². The van der Waals surface area contributed by atoms with Gasteiger partial charge in [-0.05, 0) is 45.0 Å². The fourth-order valence-electron chi connectivity index (χ4n) is 3.06. The minimum Gasteiger partial charge on any atom is -0.481 e. The lowest BCUT2D eigenvalue weighted by molar-refractivity contribution is -0.143. The zero-order valence-electron chi connectivity index (χ0n) is 13.3. The monoisotopic (exact) mass is 343 g/mol. The molecule has 1 fully saturated rings. The number of halogens is 3. The Bertz CT molecular complexity index is 609. The quantitative estimate of drug-likeness (QED) is 0.832. The van der Waals surface area contributed by atoms with Crippen LogP contribution in [0, 0.1) is 5.92 Å². The molecule has 0 aliphatic carbocycles. The van der Waals surface area contributed by atoms with Gasteiger partial charge in [0.15, 0.2) is 5.78 Å². The first-order valence-corrected chi connectivity index (χ1v) is 7.90. The summed E-state index contributed by atoms with van der Waals surface area (Å²) in [5.41, 5.74) is -1.01. The molecule has 0 saturated carbocycles. The molecule has 1 N–H and O–H groups in total. The molecule has 2 atom stereocenters. The number of alkyl halides is 3. The van der Waals surface area contributed by atoms with Crippen molar-refractivity contribution < 1.29 is 27.9 Å². The van der Waals surface area contributed by atoms with Gasteiger partial charge in [0.1, 0.15) is 0 Å². The Morgan fingerprint density at radius 2 is 1.79 bits per heavy atom. The number of piperidine rings is 1. The maximum absolute atomic E-state index is 12.9.